The quantitative estimate of drug-likeness (QED) is 0.883. The summed E-state index contributed by atoms with van der Waals surface area (Å²) in [6.07, 6.45) is 1.90. The van der Waals surface area contributed by atoms with Crippen LogP contribution in [0.1, 0.15) is 45.0 Å². The number of aromatic nitrogens is 3. The average molecular weight is 244 g/mol. The maximum atomic E-state index is 5.81. The smallest absolute Gasteiger partial charge is 0.0995 e. The first kappa shape index (κ1) is 12.8. The predicted molar refractivity (Wildman–Crippen MR) is 72.7 cm³/mol. The molecule has 0 aliphatic heterocycles. The summed E-state index contributed by atoms with van der Waals surface area (Å²) >= 11 is 0. The minimum absolute atomic E-state index is 0.0665. The van der Waals surface area contributed by atoms with Gasteiger partial charge in [-0.2, -0.15) is 0 Å². The molecule has 4 nitrogen and oxygen atoms in total. The topological polar surface area (TPSA) is 56.7 Å². The van der Waals surface area contributed by atoms with Gasteiger partial charge in [-0.3, -0.25) is 0 Å². The number of nitrogens with zero attached hydrogens (tertiary/aromatic N) is 3. The summed E-state index contributed by atoms with van der Waals surface area (Å²) in [6, 6.07) is 8.15. The lowest BCUT2D eigenvalue weighted by Crippen LogP contribution is -2.15. The van der Waals surface area contributed by atoms with Crippen LogP contribution < -0.4 is 5.73 Å². The average Bonchev–Trinajstić information content (AvgIpc) is 2.77. The van der Waals surface area contributed by atoms with Crippen LogP contribution in [0.4, 0.5) is 0 Å². The van der Waals surface area contributed by atoms with Crippen LogP contribution in [0.5, 0.6) is 0 Å². The van der Waals surface area contributed by atoms with E-state index in [1.165, 1.54) is 5.56 Å². The van der Waals surface area contributed by atoms with Crippen molar-refractivity contribution in [2.45, 2.75) is 39.2 Å². The summed E-state index contributed by atoms with van der Waals surface area (Å²) in [7, 11) is 0. The first-order chi connectivity index (χ1) is 8.39. The van der Waals surface area contributed by atoms with Gasteiger partial charge < -0.3 is 5.73 Å². The number of nitrogens with two attached hydrogens (primary N) is 1. The predicted octanol–water partition coefficient (Wildman–Crippen LogP) is 2.58. The van der Waals surface area contributed by atoms with Crippen LogP contribution in [0.25, 0.3) is 5.69 Å². The number of rotatable bonds is 2. The summed E-state index contributed by atoms with van der Waals surface area (Å²) in [5.74, 6) is 0. The van der Waals surface area contributed by atoms with Crippen LogP contribution in [0.2, 0.25) is 0 Å². The molecule has 1 aromatic carbocycles. The van der Waals surface area contributed by atoms with Crippen LogP contribution in [0, 0.1) is 0 Å². The number of hydrogen-bond acceptors (Lipinski definition) is 3. The SMILES string of the molecule is CC(N)c1cn(-c2ccccc2C(C)(C)C)nn1. The molecule has 0 bridgehead atoms. The highest BCUT2D eigenvalue weighted by Gasteiger charge is 2.19. The molecule has 96 valence electrons. The van der Waals surface area contributed by atoms with E-state index in [4.69, 9.17) is 5.73 Å². The Hall–Kier alpha value is -1.68. The molecule has 0 radical (unpaired) electrons. The van der Waals surface area contributed by atoms with E-state index in [1.54, 1.807) is 4.68 Å². The third kappa shape index (κ3) is 2.43. The monoisotopic (exact) mass is 244 g/mol. The Kier molecular flexibility index (Phi) is 3.22. The van der Waals surface area contributed by atoms with Crippen LogP contribution in [0.15, 0.2) is 30.5 Å². The van der Waals surface area contributed by atoms with Gasteiger partial charge in [0.05, 0.1) is 17.6 Å². The molecule has 2 N–H and O–H groups in total. The van der Waals surface area contributed by atoms with Crippen molar-refractivity contribution in [1.29, 1.82) is 0 Å². The Morgan fingerprint density at radius 3 is 2.44 bits per heavy atom. The highest BCUT2D eigenvalue weighted by Crippen LogP contribution is 2.27. The molecule has 0 amide bonds. The molecule has 2 aromatic rings. The van der Waals surface area contributed by atoms with Crippen molar-refractivity contribution in [3.8, 4) is 5.69 Å². The minimum atomic E-state index is -0.0967. The second-order valence-corrected chi connectivity index (χ2v) is 5.64. The standard InChI is InChI=1S/C14H20N4/c1-10(15)12-9-18(17-16-12)13-8-6-5-7-11(13)14(2,3)4/h5-10H,15H2,1-4H3. The van der Waals surface area contributed by atoms with Gasteiger partial charge in [0.15, 0.2) is 0 Å². The zero-order chi connectivity index (χ0) is 13.3. The van der Waals surface area contributed by atoms with E-state index in [0.717, 1.165) is 11.4 Å². The summed E-state index contributed by atoms with van der Waals surface area (Å²) in [4.78, 5) is 0. The van der Waals surface area contributed by atoms with E-state index in [0.29, 0.717) is 0 Å². The van der Waals surface area contributed by atoms with Crippen molar-refractivity contribution < 1.29 is 0 Å². The molecule has 1 aromatic heterocycles. The van der Waals surface area contributed by atoms with Gasteiger partial charge in [0.2, 0.25) is 0 Å². The number of benzene rings is 1. The van der Waals surface area contributed by atoms with Crippen molar-refractivity contribution in [3.05, 3.63) is 41.7 Å². The fourth-order valence-electron chi connectivity index (χ4n) is 1.91. The molecule has 18 heavy (non-hydrogen) atoms. The van der Waals surface area contributed by atoms with E-state index < -0.39 is 0 Å². The molecule has 4 heteroatoms. The second-order valence-electron chi connectivity index (χ2n) is 5.64. The second kappa shape index (κ2) is 4.53. The first-order valence-corrected chi connectivity index (χ1v) is 6.17. The number of para-hydroxylation sites is 1. The van der Waals surface area contributed by atoms with Gasteiger partial charge in [0.25, 0.3) is 0 Å². The van der Waals surface area contributed by atoms with Crippen LogP contribution in [-0.2, 0) is 5.41 Å². The van der Waals surface area contributed by atoms with Gasteiger partial charge in [-0.15, -0.1) is 5.10 Å². The van der Waals surface area contributed by atoms with Gasteiger partial charge in [-0.25, -0.2) is 4.68 Å². The Morgan fingerprint density at radius 1 is 1.22 bits per heavy atom. The molecular weight excluding hydrogens is 224 g/mol. The Bertz CT molecular complexity index is 535. The normalized spacial score (nSPS) is 13.6. The largest absolute Gasteiger partial charge is 0.323 e. The Balaban J connectivity index is 2.50. The highest BCUT2D eigenvalue weighted by atomic mass is 15.4. The molecule has 0 aliphatic rings. The molecule has 2 rings (SSSR count). The van der Waals surface area contributed by atoms with Crippen molar-refractivity contribution >= 4 is 0 Å². The first-order valence-electron chi connectivity index (χ1n) is 6.17. The van der Waals surface area contributed by atoms with E-state index in [-0.39, 0.29) is 11.5 Å². The van der Waals surface area contributed by atoms with Crippen molar-refractivity contribution in [2.24, 2.45) is 5.73 Å². The van der Waals surface area contributed by atoms with Crippen molar-refractivity contribution in [1.82, 2.24) is 15.0 Å². The zero-order valence-corrected chi connectivity index (χ0v) is 11.4. The Morgan fingerprint density at radius 2 is 1.89 bits per heavy atom. The maximum absolute atomic E-state index is 5.81. The van der Waals surface area contributed by atoms with Gasteiger partial charge in [0, 0.05) is 6.04 Å². The van der Waals surface area contributed by atoms with Gasteiger partial charge in [-0.05, 0) is 24.0 Å². The fraction of sp³-hybridized carbons (Fsp3) is 0.429. The van der Waals surface area contributed by atoms with E-state index in [1.807, 2.05) is 25.3 Å². The summed E-state index contributed by atoms with van der Waals surface area (Å²) < 4.78 is 1.80. The van der Waals surface area contributed by atoms with Gasteiger partial charge in [-0.1, -0.05) is 44.2 Å². The molecule has 0 fully saturated rings. The molecule has 0 saturated heterocycles. The summed E-state index contributed by atoms with van der Waals surface area (Å²) in [5.41, 5.74) is 8.99. The number of hydrogen-bond donors (Lipinski definition) is 1. The van der Waals surface area contributed by atoms with Crippen LogP contribution in [-0.4, -0.2) is 15.0 Å². The van der Waals surface area contributed by atoms with E-state index >= 15 is 0 Å². The molecular formula is C14H20N4. The molecule has 1 unspecified atom stereocenters. The third-order valence-corrected chi connectivity index (χ3v) is 2.94. The molecule has 0 aliphatic carbocycles. The van der Waals surface area contributed by atoms with E-state index in [9.17, 15) is 0 Å². The maximum Gasteiger partial charge on any atom is 0.0995 e. The lowest BCUT2D eigenvalue weighted by molar-refractivity contribution is 0.582. The fourth-order valence-corrected chi connectivity index (χ4v) is 1.91. The minimum Gasteiger partial charge on any atom is -0.323 e. The summed E-state index contributed by atoms with van der Waals surface area (Å²) in [5, 5.41) is 8.27. The van der Waals surface area contributed by atoms with Gasteiger partial charge in [0.1, 0.15) is 0 Å². The lowest BCUT2D eigenvalue weighted by Gasteiger charge is -2.22. The van der Waals surface area contributed by atoms with Crippen molar-refractivity contribution in [2.75, 3.05) is 0 Å². The summed E-state index contributed by atoms with van der Waals surface area (Å²) in [6.45, 7) is 8.48. The molecule has 1 heterocycles. The highest BCUT2D eigenvalue weighted by molar-refractivity contribution is 5.44. The molecule has 1 atom stereocenters. The van der Waals surface area contributed by atoms with Crippen molar-refractivity contribution in [3.63, 3.8) is 0 Å². The lowest BCUT2D eigenvalue weighted by atomic mass is 9.86. The zero-order valence-electron chi connectivity index (χ0n) is 11.4. The van der Waals surface area contributed by atoms with E-state index in [2.05, 4.69) is 43.2 Å². The Labute approximate surface area is 108 Å². The van der Waals surface area contributed by atoms with Crippen LogP contribution in [0.3, 0.4) is 0 Å². The molecule has 0 saturated carbocycles. The third-order valence-electron chi connectivity index (χ3n) is 2.94. The van der Waals surface area contributed by atoms with Gasteiger partial charge >= 0.3 is 0 Å². The molecule has 0 spiro atoms. The van der Waals surface area contributed by atoms with Crippen LogP contribution >= 0.6 is 0 Å².